The first-order valence-electron chi connectivity index (χ1n) is 6.47. The predicted molar refractivity (Wildman–Crippen MR) is 75.1 cm³/mol. The van der Waals surface area contributed by atoms with E-state index in [4.69, 9.17) is 0 Å². The lowest BCUT2D eigenvalue weighted by molar-refractivity contribution is -0.130. The van der Waals surface area contributed by atoms with Crippen molar-refractivity contribution in [3.63, 3.8) is 0 Å². The lowest BCUT2D eigenvalue weighted by Crippen LogP contribution is -2.55. The highest BCUT2D eigenvalue weighted by atomic mass is 32.1. The summed E-state index contributed by atoms with van der Waals surface area (Å²) in [5, 5.41) is 7.72. The standard InChI is InChI=1S/C13H19N3O2S/c1-10(16-7-6-14-12(17)9-16)13(18)15-5-4-11-3-2-8-19-11/h2-3,8,10H,4-7,9H2,1H3,(H,14,17)(H,15,18). The van der Waals surface area contributed by atoms with Gasteiger partial charge in [-0.3, -0.25) is 14.5 Å². The largest absolute Gasteiger partial charge is 0.354 e. The van der Waals surface area contributed by atoms with E-state index in [1.165, 1.54) is 4.88 Å². The van der Waals surface area contributed by atoms with E-state index < -0.39 is 0 Å². The molecule has 0 aromatic carbocycles. The van der Waals surface area contributed by atoms with Crippen molar-refractivity contribution in [1.82, 2.24) is 15.5 Å². The first kappa shape index (κ1) is 14.0. The van der Waals surface area contributed by atoms with Crippen LogP contribution in [0.1, 0.15) is 11.8 Å². The molecule has 0 aliphatic carbocycles. The van der Waals surface area contributed by atoms with Gasteiger partial charge in [-0.25, -0.2) is 0 Å². The number of nitrogens with one attached hydrogen (secondary N) is 2. The molecule has 2 rings (SSSR count). The molecule has 1 fully saturated rings. The molecular weight excluding hydrogens is 262 g/mol. The molecule has 0 bridgehead atoms. The molecule has 2 heterocycles. The highest BCUT2D eigenvalue weighted by Gasteiger charge is 2.25. The van der Waals surface area contributed by atoms with Gasteiger partial charge in [-0.1, -0.05) is 6.07 Å². The molecular formula is C13H19N3O2S. The molecule has 1 aromatic rings. The minimum atomic E-state index is -0.255. The molecule has 0 spiro atoms. The van der Waals surface area contributed by atoms with Gasteiger partial charge in [-0.15, -0.1) is 11.3 Å². The number of hydrogen-bond donors (Lipinski definition) is 2. The molecule has 104 valence electrons. The van der Waals surface area contributed by atoms with Crippen molar-refractivity contribution in [3.05, 3.63) is 22.4 Å². The van der Waals surface area contributed by atoms with E-state index in [0.29, 0.717) is 19.6 Å². The normalized spacial score (nSPS) is 17.8. The van der Waals surface area contributed by atoms with Gasteiger partial charge in [0.15, 0.2) is 0 Å². The van der Waals surface area contributed by atoms with Gasteiger partial charge >= 0.3 is 0 Å². The zero-order valence-electron chi connectivity index (χ0n) is 11.0. The fourth-order valence-corrected chi connectivity index (χ4v) is 2.78. The second-order valence-electron chi connectivity index (χ2n) is 4.62. The van der Waals surface area contributed by atoms with Gasteiger partial charge in [0, 0.05) is 24.5 Å². The third-order valence-corrected chi connectivity index (χ3v) is 4.18. The molecule has 1 aliphatic rings. The Morgan fingerprint density at radius 3 is 3.16 bits per heavy atom. The summed E-state index contributed by atoms with van der Waals surface area (Å²) >= 11 is 1.70. The summed E-state index contributed by atoms with van der Waals surface area (Å²) < 4.78 is 0. The van der Waals surface area contributed by atoms with Crippen LogP contribution in [0.5, 0.6) is 0 Å². The third kappa shape index (κ3) is 4.04. The number of hydrogen-bond acceptors (Lipinski definition) is 4. The van der Waals surface area contributed by atoms with Crippen molar-refractivity contribution in [2.24, 2.45) is 0 Å². The van der Waals surface area contributed by atoms with Crippen LogP contribution in [0.4, 0.5) is 0 Å². The topological polar surface area (TPSA) is 61.4 Å². The highest BCUT2D eigenvalue weighted by Crippen LogP contribution is 2.08. The Bertz CT molecular complexity index is 433. The Balaban J connectivity index is 1.74. The van der Waals surface area contributed by atoms with Crippen LogP contribution < -0.4 is 10.6 Å². The molecule has 5 nitrogen and oxygen atoms in total. The van der Waals surface area contributed by atoms with E-state index in [-0.39, 0.29) is 17.9 Å². The van der Waals surface area contributed by atoms with Gasteiger partial charge in [0.25, 0.3) is 0 Å². The number of carbonyl (C=O) groups is 2. The number of carbonyl (C=O) groups excluding carboxylic acids is 2. The van der Waals surface area contributed by atoms with E-state index in [2.05, 4.69) is 16.7 Å². The average Bonchev–Trinajstić information content (AvgIpc) is 2.91. The van der Waals surface area contributed by atoms with Crippen molar-refractivity contribution in [2.45, 2.75) is 19.4 Å². The monoisotopic (exact) mass is 281 g/mol. The Kier molecular flexibility index (Phi) is 4.93. The van der Waals surface area contributed by atoms with E-state index in [9.17, 15) is 9.59 Å². The van der Waals surface area contributed by atoms with E-state index in [1.807, 2.05) is 23.3 Å². The Labute approximate surface area is 117 Å². The van der Waals surface area contributed by atoms with E-state index in [1.54, 1.807) is 11.3 Å². The smallest absolute Gasteiger partial charge is 0.237 e. The van der Waals surface area contributed by atoms with Crippen molar-refractivity contribution in [1.29, 1.82) is 0 Å². The first-order chi connectivity index (χ1) is 9.16. The molecule has 1 aliphatic heterocycles. The summed E-state index contributed by atoms with van der Waals surface area (Å²) in [7, 11) is 0. The summed E-state index contributed by atoms with van der Waals surface area (Å²) in [6.45, 7) is 4.14. The quantitative estimate of drug-likeness (QED) is 0.812. The lowest BCUT2D eigenvalue weighted by Gasteiger charge is -2.31. The average molecular weight is 281 g/mol. The summed E-state index contributed by atoms with van der Waals surface area (Å²) in [5.41, 5.74) is 0. The maximum absolute atomic E-state index is 12.0. The minimum Gasteiger partial charge on any atom is -0.354 e. The third-order valence-electron chi connectivity index (χ3n) is 3.25. The highest BCUT2D eigenvalue weighted by molar-refractivity contribution is 7.09. The molecule has 2 amide bonds. The molecule has 1 saturated heterocycles. The lowest BCUT2D eigenvalue weighted by atomic mass is 10.2. The van der Waals surface area contributed by atoms with Crippen LogP contribution in [0.2, 0.25) is 0 Å². The Morgan fingerprint density at radius 1 is 1.63 bits per heavy atom. The fourth-order valence-electron chi connectivity index (χ4n) is 2.07. The molecule has 1 unspecified atom stereocenters. The van der Waals surface area contributed by atoms with Crippen LogP contribution in [-0.4, -0.2) is 48.9 Å². The number of amides is 2. The fraction of sp³-hybridized carbons (Fsp3) is 0.538. The van der Waals surface area contributed by atoms with Crippen molar-refractivity contribution in [3.8, 4) is 0 Å². The van der Waals surface area contributed by atoms with Crippen LogP contribution in [0.25, 0.3) is 0 Å². The van der Waals surface area contributed by atoms with Crippen molar-refractivity contribution < 1.29 is 9.59 Å². The van der Waals surface area contributed by atoms with Crippen molar-refractivity contribution >= 4 is 23.2 Å². The second kappa shape index (κ2) is 6.68. The molecule has 6 heteroatoms. The first-order valence-corrected chi connectivity index (χ1v) is 7.35. The summed E-state index contributed by atoms with van der Waals surface area (Å²) in [6, 6.07) is 3.82. The number of piperazine rings is 1. The molecule has 1 atom stereocenters. The van der Waals surface area contributed by atoms with Gasteiger partial charge in [0.05, 0.1) is 12.6 Å². The van der Waals surface area contributed by atoms with Gasteiger partial charge in [-0.05, 0) is 24.8 Å². The van der Waals surface area contributed by atoms with Crippen LogP contribution in [0.15, 0.2) is 17.5 Å². The van der Waals surface area contributed by atoms with Gasteiger partial charge in [-0.2, -0.15) is 0 Å². The maximum Gasteiger partial charge on any atom is 0.237 e. The van der Waals surface area contributed by atoms with Crippen LogP contribution in [0, 0.1) is 0 Å². The maximum atomic E-state index is 12.0. The van der Waals surface area contributed by atoms with Crippen LogP contribution in [-0.2, 0) is 16.0 Å². The zero-order valence-corrected chi connectivity index (χ0v) is 11.8. The number of nitrogens with zero attached hydrogens (tertiary/aromatic N) is 1. The molecule has 0 saturated carbocycles. The van der Waals surface area contributed by atoms with Gasteiger partial charge in [0.2, 0.25) is 11.8 Å². The molecule has 19 heavy (non-hydrogen) atoms. The SMILES string of the molecule is CC(C(=O)NCCc1cccs1)N1CCNC(=O)C1. The predicted octanol–water partition coefficient (Wildman–Crippen LogP) is 0.227. The van der Waals surface area contributed by atoms with Gasteiger partial charge in [0.1, 0.15) is 0 Å². The summed E-state index contributed by atoms with van der Waals surface area (Å²) in [4.78, 5) is 26.5. The summed E-state index contributed by atoms with van der Waals surface area (Å²) in [6.07, 6.45) is 0.858. The van der Waals surface area contributed by atoms with E-state index in [0.717, 1.165) is 13.0 Å². The Morgan fingerprint density at radius 2 is 2.47 bits per heavy atom. The molecule has 0 radical (unpaired) electrons. The van der Waals surface area contributed by atoms with Crippen molar-refractivity contribution in [2.75, 3.05) is 26.2 Å². The van der Waals surface area contributed by atoms with E-state index >= 15 is 0 Å². The summed E-state index contributed by atoms with van der Waals surface area (Å²) in [5.74, 6) is -0.0178. The Hall–Kier alpha value is -1.40. The van der Waals surface area contributed by atoms with Crippen LogP contribution in [0.3, 0.4) is 0 Å². The minimum absolute atomic E-state index is 0.00810. The number of rotatable bonds is 5. The molecule has 1 aromatic heterocycles. The van der Waals surface area contributed by atoms with Gasteiger partial charge < -0.3 is 10.6 Å². The second-order valence-corrected chi connectivity index (χ2v) is 5.65. The molecule has 2 N–H and O–H groups in total. The zero-order chi connectivity index (χ0) is 13.7. The number of thiophene rings is 1. The van der Waals surface area contributed by atoms with Crippen LogP contribution >= 0.6 is 11.3 Å².